The molecule has 0 unspecified atom stereocenters. The summed E-state index contributed by atoms with van der Waals surface area (Å²) in [5.41, 5.74) is 0.458. The summed E-state index contributed by atoms with van der Waals surface area (Å²) in [6, 6.07) is 10.4. The lowest BCUT2D eigenvalue weighted by atomic mass is 10.3. The molecule has 146 valence electrons. The van der Waals surface area contributed by atoms with Gasteiger partial charge in [0.05, 0.1) is 17.9 Å². The zero-order valence-corrected chi connectivity index (χ0v) is 15.8. The van der Waals surface area contributed by atoms with Gasteiger partial charge in [0, 0.05) is 12.5 Å². The van der Waals surface area contributed by atoms with Crippen molar-refractivity contribution < 1.29 is 4.79 Å². The van der Waals surface area contributed by atoms with Crippen LogP contribution in [0.15, 0.2) is 46.0 Å². The molecule has 0 spiro atoms. The van der Waals surface area contributed by atoms with Gasteiger partial charge in [0.15, 0.2) is 0 Å². The number of amides is 1. The first-order valence-corrected chi connectivity index (χ1v) is 9.05. The Morgan fingerprint density at radius 3 is 2.64 bits per heavy atom. The van der Waals surface area contributed by atoms with Crippen molar-refractivity contribution in [2.45, 2.75) is 39.8 Å². The zero-order chi connectivity index (χ0) is 20.1. The van der Waals surface area contributed by atoms with E-state index in [0.29, 0.717) is 29.5 Å². The quantitative estimate of drug-likeness (QED) is 0.624. The highest BCUT2D eigenvalue weighted by atomic mass is 16.2. The lowest BCUT2D eigenvalue weighted by Gasteiger charge is -2.07. The minimum Gasteiger partial charge on any atom is -0.349 e. The van der Waals surface area contributed by atoms with E-state index in [4.69, 9.17) is 0 Å². The smallest absolute Gasteiger partial charge is 0.349 e. The first-order chi connectivity index (χ1) is 13.5. The van der Waals surface area contributed by atoms with Gasteiger partial charge in [-0.25, -0.2) is 9.78 Å². The molecule has 0 saturated heterocycles. The molecule has 0 saturated carbocycles. The van der Waals surface area contributed by atoms with Gasteiger partial charge in [-0.1, -0.05) is 25.1 Å². The minimum absolute atomic E-state index is 0.105. The number of H-pyrrole nitrogens is 1. The van der Waals surface area contributed by atoms with Gasteiger partial charge in [0.2, 0.25) is 5.91 Å². The van der Waals surface area contributed by atoms with Crippen molar-refractivity contribution in [3.63, 3.8) is 0 Å². The maximum atomic E-state index is 12.8. The zero-order valence-electron chi connectivity index (χ0n) is 15.8. The molecule has 1 aromatic carbocycles. The van der Waals surface area contributed by atoms with Crippen molar-refractivity contribution in [3.8, 4) is 5.69 Å². The van der Waals surface area contributed by atoms with Crippen molar-refractivity contribution in [1.82, 2.24) is 29.6 Å². The van der Waals surface area contributed by atoms with E-state index in [9.17, 15) is 14.4 Å². The van der Waals surface area contributed by atoms with Crippen LogP contribution in [0.25, 0.3) is 5.69 Å². The summed E-state index contributed by atoms with van der Waals surface area (Å²) in [6.07, 6.45) is 1.38. The molecule has 0 radical (unpaired) electrons. The molecular formula is C19H22N6O3. The molecule has 2 N–H and O–H groups in total. The lowest BCUT2D eigenvalue weighted by molar-refractivity contribution is -0.121. The second-order valence-corrected chi connectivity index (χ2v) is 6.38. The Bertz CT molecular complexity index is 1080. The predicted octanol–water partition coefficient (Wildman–Crippen LogP) is 0.695. The Morgan fingerprint density at radius 1 is 1.21 bits per heavy atom. The number of carbonyl (C=O) groups excluding carboxylic acids is 1. The average Bonchev–Trinajstić information content (AvgIpc) is 2.96. The van der Waals surface area contributed by atoms with E-state index in [0.717, 1.165) is 6.42 Å². The Kier molecular flexibility index (Phi) is 5.83. The normalized spacial score (nSPS) is 10.8. The Labute approximate surface area is 161 Å². The summed E-state index contributed by atoms with van der Waals surface area (Å²) in [6.45, 7) is 3.61. The van der Waals surface area contributed by atoms with E-state index in [-0.39, 0.29) is 30.2 Å². The van der Waals surface area contributed by atoms with Crippen LogP contribution in [-0.4, -0.2) is 30.2 Å². The summed E-state index contributed by atoms with van der Waals surface area (Å²) < 4.78 is 2.68. The third-order valence-electron chi connectivity index (χ3n) is 4.09. The minimum atomic E-state index is -0.366. The highest BCUT2D eigenvalue weighted by Crippen LogP contribution is 2.05. The number of nitrogens with zero attached hydrogens (tertiary/aromatic N) is 4. The van der Waals surface area contributed by atoms with Gasteiger partial charge in [-0.3, -0.25) is 14.2 Å². The van der Waals surface area contributed by atoms with Gasteiger partial charge in [0.25, 0.3) is 5.56 Å². The van der Waals surface area contributed by atoms with Gasteiger partial charge in [-0.15, -0.1) is 5.10 Å². The number of para-hydroxylation sites is 1. The maximum absolute atomic E-state index is 12.8. The number of benzene rings is 1. The first-order valence-electron chi connectivity index (χ1n) is 9.05. The number of nitrogens with one attached hydrogen (secondary N) is 2. The number of hydrogen-bond donors (Lipinski definition) is 2. The van der Waals surface area contributed by atoms with Crippen LogP contribution >= 0.6 is 0 Å². The predicted molar refractivity (Wildman–Crippen MR) is 103 cm³/mol. The number of rotatable bonds is 7. The molecule has 0 fully saturated rings. The van der Waals surface area contributed by atoms with Crippen LogP contribution in [0.4, 0.5) is 0 Å². The fourth-order valence-electron chi connectivity index (χ4n) is 2.86. The number of hydrogen-bond acceptors (Lipinski definition) is 5. The first kappa shape index (κ1) is 19.3. The third-order valence-corrected chi connectivity index (χ3v) is 4.09. The Morgan fingerprint density at radius 2 is 1.96 bits per heavy atom. The summed E-state index contributed by atoms with van der Waals surface area (Å²) in [4.78, 5) is 43.4. The number of carbonyl (C=O) groups is 1. The van der Waals surface area contributed by atoms with Gasteiger partial charge >= 0.3 is 5.69 Å². The molecule has 0 aliphatic carbocycles. The second-order valence-electron chi connectivity index (χ2n) is 6.38. The fourth-order valence-corrected chi connectivity index (χ4v) is 2.86. The van der Waals surface area contributed by atoms with Gasteiger partial charge < -0.3 is 10.3 Å². The largest absolute Gasteiger partial charge is 0.351 e. The molecule has 9 heteroatoms. The molecule has 0 aliphatic heterocycles. The summed E-state index contributed by atoms with van der Waals surface area (Å²) in [7, 11) is 0. The monoisotopic (exact) mass is 382 g/mol. The molecule has 2 heterocycles. The average molecular weight is 382 g/mol. The van der Waals surface area contributed by atoms with Crippen LogP contribution in [-0.2, 0) is 24.3 Å². The molecule has 1 amide bonds. The Balaban J connectivity index is 1.78. The van der Waals surface area contributed by atoms with Gasteiger partial charge in [-0.05, 0) is 25.5 Å². The van der Waals surface area contributed by atoms with E-state index in [1.807, 2.05) is 25.1 Å². The van der Waals surface area contributed by atoms with Crippen LogP contribution in [0.1, 0.15) is 30.7 Å². The maximum Gasteiger partial charge on any atom is 0.351 e. The Hall–Kier alpha value is -3.49. The fraction of sp³-hybridized carbons (Fsp3) is 0.316. The number of aryl methyl sites for hydroxylation is 2. The molecule has 0 aliphatic rings. The highest BCUT2D eigenvalue weighted by Gasteiger charge is 2.16. The van der Waals surface area contributed by atoms with Gasteiger partial charge in [-0.2, -0.15) is 4.68 Å². The molecule has 3 aromatic rings. The third kappa shape index (κ3) is 4.43. The van der Waals surface area contributed by atoms with Crippen LogP contribution in [0.3, 0.4) is 0 Å². The summed E-state index contributed by atoms with van der Waals surface area (Å²) >= 11 is 0. The van der Waals surface area contributed by atoms with E-state index < -0.39 is 0 Å². The van der Waals surface area contributed by atoms with E-state index in [1.54, 1.807) is 19.1 Å². The molecule has 9 nitrogen and oxygen atoms in total. The molecule has 3 rings (SSSR count). The molecule has 0 bridgehead atoms. The topological polar surface area (TPSA) is 115 Å². The van der Waals surface area contributed by atoms with Crippen LogP contribution in [0.5, 0.6) is 0 Å². The molecule has 2 aromatic heterocycles. The van der Waals surface area contributed by atoms with Crippen molar-refractivity contribution in [1.29, 1.82) is 0 Å². The summed E-state index contributed by atoms with van der Waals surface area (Å²) in [5, 5.41) is 7.09. The summed E-state index contributed by atoms with van der Waals surface area (Å²) in [5.74, 6) is 0.672. The standard InChI is InChI=1S/C19H22N6O3/c1-3-7-16-23-25(15-8-5-4-6-9-15)19(28)24(16)12-18(27)20-11-14-10-17(26)22-13(2)21-14/h4-6,8-10H,3,7,11-12H2,1-2H3,(H,20,27)(H,21,22,26). The molecule has 0 atom stereocenters. The van der Waals surface area contributed by atoms with Crippen molar-refractivity contribution in [2.75, 3.05) is 0 Å². The van der Waals surface area contributed by atoms with E-state index in [1.165, 1.54) is 15.3 Å². The molecule has 28 heavy (non-hydrogen) atoms. The van der Waals surface area contributed by atoms with Crippen LogP contribution in [0.2, 0.25) is 0 Å². The van der Waals surface area contributed by atoms with Gasteiger partial charge in [0.1, 0.15) is 18.2 Å². The highest BCUT2D eigenvalue weighted by molar-refractivity contribution is 5.75. The van der Waals surface area contributed by atoms with Crippen molar-refractivity contribution >= 4 is 5.91 Å². The second kappa shape index (κ2) is 8.47. The van der Waals surface area contributed by atoms with E-state index in [2.05, 4.69) is 20.4 Å². The van der Waals surface area contributed by atoms with Crippen LogP contribution < -0.4 is 16.6 Å². The lowest BCUT2D eigenvalue weighted by Crippen LogP contribution is -2.33. The van der Waals surface area contributed by atoms with Crippen molar-refractivity contribution in [3.05, 3.63) is 74.6 Å². The molecular weight excluding hydrogens is 360 g/mol. The van der Waals surface area contributed by atoms with Crippen LogP contribution in [0, 0.1) is 6.92 Å². The van der Waals surface area contributed by atoms with E-state index >= 15 is 0 Å². The SMILES string of the molecule is CCCc1nn(-c2ccccc2)c(=O)n1CC(=O)NCc1cc(=O)[nH]c(C)n1. The number of aromatic nitrogens is 5. The number of aromatic amines is 1. The van der Waals surface area contributed by atoms with Crippen molar-refractivity contribution in [2.24, 2.45) is 0 Å².